The first-order valence-corrected chi connectivity index (χ1v) is 16.9. The molecule has 5 heterocycles. The van der Waals surface area contributed by atoms with E-state index in [-0.39, 0.29) is 23.4 Å². The van der Waals surface area contributed by atoms with Crippen molar-refractivity contribution >= 4 is 54.4 Å². The molecule has 5 nitrogen and oxygen atoms in total. The summed E-state index contributed by atoms with van der Waals surface area (Å²) in [6.07, 6.45) is 0. The van der Waals surface area contributed by atoms with Crippen molar-refractivity contribution in [3.8, 4) is 0 Å². The van der Waals surface area contributed by atoms with Crippen molar-refractivity contribution in [2.75, 3.05) is 0 Å². The van der Waals surface area contributed by atoms with Gasteiger partial charge in [-0.3, -0.25) is 9.59 Å². The molecule has 2 aromatic carbocycles. The van der Waals surface area contributed by atoms with Gasteiger partial charge in [0, 0.05) is 54.7 Å². The minimum absolute atomic E-state index is 0.0665. The quantitative estimate of drug-likeness (QED) is 0.146. The number of fused-ring (bicyclic) bond motifs is 2. The summed E-state index contributed by atoms with van der Waals surface area (Å²) in [7, 11) is 0. The maximum Gasteiger partial charge on any atom is 0.161 e. The molecular formula is C38H35N3O2S2. The lowest BCUT2D eigenvalue weighted by Gasteiger charge is -2.19. The van der Waals surface area contributed by atoms with Gasteiger partial charge in [-0.1, -0.05) is 36.4 Å². The van der Waals surface area contributed by atoms with Crippen LogP contribution in [0.1, 0.15) is 103 Å². The van der Waals surface area contributed by atoms with Crippen molar-refractivity contribution in [3.05, 3.63) is 139 Å². The number of aromatic amines is 3. The number of aryl methyl sites for hydroxylation is 2. The highest BCUT2D eigenvalue weighted by molar-refractivity contribution is 7.17. The van der Waals surface area contributed by atoms with Crippen LogP contribution >= 0.6 is 22.7 Å². The Hall–Kier alpha value is -4.46. The summed E-state index contributed by atoms with van der Waals surface area (Å²) in [6.45, 7) is 11.3. The summed E-state index contributed by atoms with van der Waals surface area (Å²) in [5.74, 6) is -0.143. The van der Waals surface area contributed by atoms with Gasteiger partial charge in [0.1, 0.15) is 0 Å². The number of hydrogen-bond acceptors (Lipinski definition) is 4. The molecule has 0 spiro atoms. The predicted octanol–water partition coefficient (Wildman–Crippen LogP) is 10.1. The molecule has 7 aromatic rings. The molecule has 3 N–H and O–H groups in total. The Morgan fingerprint density at radius 1 is 0.578 bits per heavy atom. The fourth-order valence-corrected chi connectivity index (χ4v) is 9.32. The lowest BCUT2D eigenvalue weighted by Crippen LogP contribution is -2.09. The standard InChI is InChI=1S/C38H35N3O2S2/c1-19-33(23(5)42)21(3)39-37(19)35(27-17-44-31-13-9-7-11-25(27)31)29-15-16-30(41-29)36(28-18-45-32-14-10-8-12-26(28)32)38-20(2)34(24(6)43)22(4)40-38/h7-18,35-36,39-41H,1-6H3. The van der Waals surface area contributed by atoms with E-state index in [0.717, 1.165) is 56.4 Å². The molecule has 2 unspecified atom stereocenters. The minimum Gasteiger partial charge on any atom is -0.361 e. The van der Waals surface area contributed by atoms with Gasteiger partial charge < -0.3 is 15.0 Å². The molecule has 0 aliphatic heterocycles. The van der Waals surface area contributed by atoms with E-state index in [4.69, 9.17) is 0 Å². The van der Waals surface area contributed by atoms with Gasteiger partial charge >= 0.3 is 0 Å². The molecule has 0 radical (unpaired) electrons. The highest BCUT2D eigenvalue weighted by atomic mass is 32.1. The molecule has 7 heteroatoms. The van der Waals surface area contributed by atoms with Gasteiger partial charge in [-0.2, -0.15) is 0 Å². The molecule has 5 aromatic heterocycles. The highest BCUT2D eigenvalue weighted by Crippen LogP contribution is 2.44. The van der Waals surface area contributed by atoms with Crippen LogP contribution in [-0.2, 0) is 0 Å². The van der Waals surface area contributed by atoms with E-state index in [9.17, 15) is 9.59 Å². The minimum atomic E-state index is -0.138. The Balaban J connectivity index is 1.46. The van der Waals surface area contributed by atoms with Crippen LogP contribution in [0.25, 0.3) is 20.2 Å². The van der Waals surface area contributed by atoms with Crippen LogP contribution in [0.3, 0.4) is 0 Å². The zero-order chi connectivity index (χ0) is 31.6. The van der Waals surface area contributed by atoms with Crippen LogP contribution in [0.4, 0.5) is 0 Å². The van der Waals surface area contributed by atoms with Crippen molar-refractivity contribution in [2.24, 2.45) is 0 Å². The average molecular weight is 630 g/mol. The number of carbonyl (C=O) groups excluding carboxylic acids is 2. The van der Waals surface area contributed by atoms with Gasteiger partial charge in [0.2, 0.25) is 0 Å². The molecule has 2 atom stereocenters. The van der Waals surface area contributed by atoms with Gasteiger partial charge in [0.05, 0.1) is 11.8 Å². The Bertz CT molecular complexity index is 2100. The number of carbonyl (C=O) groups is 2. The van der Waals surface area contributed by atoms with E-state index in [1.807, 2.05) is 13.8 Å². The van der Waals surface area contributed by atoms with Crippen molar-refractivity contribution < 1.29 is 9.59 Å². The third-order valence-electron chi connectivity index (χ3n) is 9.23. The smallest absolute Gasteiger partial charge is 0.161 e. The van der Waals surface area contributed by atoms with E-state index in [1.165, 1.54) is 31.3 Å². The molecule has 7 rings (SSSR count). The topological polar surface area (TPSA) is 81.5 Å². The summed E-state index contributed by atoms with van der Waals surface area (Å²) < 4.78 is 2.46. The van der Waals surface area contributed by atoms with E-state index in [1.54, 1.807) is 36.5 Å². The Kier molecular flexibility index (Phi) is 7.26. The number of thiophene rings is 2. The third kappa shape index (κ3) is 4.73. The summed E-state index contributed by atoms with van der Waals surface area (Å²) >= 11 is 3.49. The van der Waals surface area contributed by atoms with Crippen LogP contribution in [0.15, 0.2) is 71.4 Å². The van der Waals surface area contributed by atoms with Crippen molar-refractivity contribution in [1.29, 1.82) is 0 Å². The second-order valence-corrected chi connectivity index (χ2v) is 13.9. The SMILES string of the molecule is CC(=O)c1c(C)[nH]c(C(c2ccc(C(c3[nH]c(C)c(C(C)=O)c3C)c3csc4ccccc34)[nH]2)c2csc3ccccc23)c1C. The van der Waals surface area contributed by atoms with Crippen LogP contribution in [0.2, 0.25) is 0 Å². The molecular weight excluding hydrogens is 595 g/mol. The van der Waals surface area contributed by atoms with Gasteiger partial charge in [-0.05, 0) is 110 Å². The molecule has 226 valence electrons. The molecule has 0 fully saturated rings. The van der Waals surface area contributed by atoms with Gasteiger partial charge in [-0.25, -0.2) is 0 Å². The fraction of sp³-hybridized carbons (Fsp3) is 0.211. The maximum atomic E-state index is 12.7. The maximum absolute atomic E-state index is 12.7. The Labute approximate surface area is 270 Å². The second-order valence-electron chi connectivity index (χ2n) is 12.0. The summed E-state index contributed by atoms with van der Waals surface area (Å²) in [5, 5.41) is 6.92. The van der Waals surface area contributed by atoms with Gasteiger partial charge in [0.25, 0.3) is 0 Å². The van der Waals surface area contributed by atoms with Crippen LogP contribution in [0, 0.1) is 27.7 Å². The number of ketones is 2. The number of hydrogen-bond donors (Lipinski definition) is 3. The number of nitrogens with one attached hydrogen (secondary N) is 3. The molecule has 0 aliphatic rings. The first kappa shape index (κ1) is 29.3. The first-order valence-electron chi connectivity index (χ1n) is 15.2. The summed E-state index contributed by atoms with van der Waals surface area (Å²) in [6, 6.07) is 21.4. The molecule has 0 amide bonds. The number of rotatable bonds is 8. The van der Waals surface area contributed by atoms with E-state index >= 15 is 0 Å². The van der Waals surface area contributed by atoms with E-state index < -0.39 is 0 Å². The molecule has 0 saturated heterocycles. The number of Topliss-reactive ketones (excluding diaryl/α,β-unsaturated/α-hetero) is 2. The fourth-order valence-electron chi connectivity index (χ4n) is 7.35. The number of benzene rings is 2. The van der Waals surface area contributed by atoms with Crippen molar-refractivity contribution in [3.63, 3.8) is 0 Å². The lowest BCUT2D eigenvalue weighted by molar-refractivity contribution is 0.100. The zero-order valence-corrected chi connectivity index (χ0v) is 27.8. The van der Waals surface area contributed by atoms with Crippen molar-refractivity contribution in [1.82, 2.24) is 15.0 Å². The first-order chi connectivity index (χ1) is 21.7. The van der Waals surface area contributed by atoms with Crippen molar-refractivity contribution in [2.45, 2.75) is 53.4 Å². The summed E-state index contributed by atoms with van der Waals surface area (Å²) in [4.78, 5) is 36.5. The summed E-state index contributed by atoms with van der Waals surface area (Å²) in [5.41, 5.74) is 11.8. The largest absolute Gasteiger partial charge is 0.361 e. The van der Waals surface area contributed by atoms with E-state index in [2.05, 4.69) is 100 Å². The van der Waals surface area contributed by atoms with Crippen LogP contribution in [0.5, 0.6) is 0 Å². The third-order valence-corrected chi connectivity index (χ3v) is 11.2. The van der Waals surface area contributed by atoms with Gasteiger partial charge in [-0.15, -0.1) is 22.7 Å². The molecule has 0 bridgehead atoms. The van der Waals surface area contributed by atoms with Crippen LogP contribution in [-0.4, -0.2) is 26.5 Å². The lowest BCUT2D eigenvalue weighted by atomic mass is 9.89. The molecule has 0 saturated carbocycles. The number of H-pyrrole nitrogens is 3. The highest BCUT2D eigenvalue weighted by Gasteiger charge is 2.31. The Morgan fingerprint density at radius 2 is 0.978 bits per heavy atom. The zero-order valence-electron chi connectivity index (χ0n) is 26.2. The monoisotopic (exact) mass is 629 g/mol. The number of aromatic nitrogens is 3. The normalized spacial score (nSPS) is 13.1. The van der Waals surface area contributed by atoms with Gasteiger partial charge in [0.15, 0.2) is 11.6 Å². The molecule has 0 aliphatic carbocycles. The molecule has 45 heavy (non-hydrogen) atoms. The second kappa shape index (κ2) is 11.2. The van der Waals surface area contributed by atoms with E-state index in [0.29, 0.717) is 0 Å². The van der Waals surface area contributed by atoms with Crippen LogP contribution < -0.4 is 0 Å². The Morgan fingerprint density at radius 3 is 1.36 bits per heavy atom. The average Bonchev–Trinajstić information content (AvgIpc) is 3.83. The predicted molar refractivity (Wildman–Crippen MR) is 187 cm³/mol.